The number of unbranched alkanes of at least 4 members (excludes halogenated alkanes) is 2. The summed E-state index contributed by atoms with van der Waals surface area (Å²) in [6, 6.07) is 0.594. The van der Waals surface area contributed by atoms with E-state index >= 15 is 0 Å². The van der Waals surface area contributed by atoms with Gasteiger partial charge < -0.3 is 10.6 Å². The molecular weight excluding hydrogens is 222 g/mol. The van der Waals surface area contributed by atoms with Gasteiger partial charge in [0.15, 0.2) is 0 Å². The molecule has 2 N–H and O–H groups in total. The Bertz CT molecular complexity index is 230. The van der Waals surface area contributed by atoms with Crippen molar-refractivity contribution in [2.24, 2.45) is 5.73 Å². The van der Waals surface area contributed by atoms with Gasteiger partial charge in [-0.2, -0.15) is 0 Å². The fourth-order valence-corrected chi connectivity index (χ4v) is 3.43. The zero-order valence-corrected chi connectivity index (χ0v) is 12.9. The van der Waals surface area contributed by atoms with Crippen LogP contribution in [0.3, 0.4) is 0 Å². The van der Waals surface area contributed by atoms with E-state index in [9.17, 15) is 0 Å². The number of nitrogens with two attached hydrogens (primary N) is 1. The Kier molecular flexibility index (Phi) is 6.61. The van der Waals surface area contributed by atoms with Crippen LogP contribution >= 0.6 is 0 Å². The number of piperidine rings is 1. The van der Waals surface area contributed by atoms with E-state index in [1.54, 1.807) is 0 Å². The quantitative estimate of drug-likeness (QED) is 0.709. The van der Waals surface area contributed by atoms with Crippen molar-refractivity contribution in [1.82, 2.24) is 9.80 Å². The molecule has 1 fully saturated rings. The van der Waals surface area contributed by atoms with Crippen LogP contribution in [0.4, 0.5) is 0 Å². The smallest absolute Gasteiger partial charge is 0.0461 e. The Hall–Kier alpha value is -0.120. The molecule has 1 unspecified atom stereocenters. The highest BCUT2D eigenvalue weighted by atomic mass is 15.3. The van der Waals surface area contributed by atoms with Crippen LogP contribution < -0.4 is 5.73 Å². The van der Waals surface area contributed by atoms with Gasteiger partial charge in [-0.25, -0.2) is 0 Å². The molecule has 0 aromatic rings. The topological polar surface area (TPSA) is 32.5 Å². The number of likely N-dealkylation sites (N-methyl/N-ethyl adjacent to an activating group) is 1. The van der Waals surface area contributed by atoms with Gasteiger partial charge in [0, 0.05) is 24.7 Å². The lowest BCUT2D eigenvalue weighted by Crippen LogP contribution is -2.63. The molecule has 18 heavy (non-hydrogen) atoms. The molecule has 0 spiro atoms. The fourth-order valence-electron chi connectivity index (χ4n) is 3.43. The van der Waals surface area contributed by atoms with Gasteiger partial charge in [0.05, 0.1) is 0 Å². The second kappa shape index (κ2) is 7.46. The summed E-state index contributed by atoms with van der Waals surface area (Å²) in [5, 5.41) is 0. The minimum absolute atomic E-state index is 0.217. The number of rotatable bonds is 7. The van der Waals surface area contributed by atoms with Crippen LogP contribution in [0.5, 0.6) is 0 Å². The van der Waals surface area contributed by atoms with Crippen LogP contribution in [0.25, 0.3) is 0 Å². The molecular formula is C15H33N3. The summed E-state index contributed by atoms with van der Waals surface area (Å²) in [5.41, 5.74) is 6.39. The SMILES string of the molecule is CCCCCN(C(C)C)C1(CN)CCCN(C)C1. The van der Waals surface area contributed by atoms with Crippen molar-refractivity contribution >= 4 is 0 Å². The van der Waals surface area contributed by atoms with Gasteiger partial charge in [-0.3, -0.25) is 4.90 Å². The van der Waals surface area contributed by atoms with Gasteiger partial charge in [-0.15, -0.1) is 0 Å². The first kappa shape index (κ1) is 15.9. The van der Waals surface area contributed by atoms with Gasteiger partial charge in [-0.1, -0.05) is 19.8 Å². The second-order valence-corrected chi connectivity index (χ2v) is 6.26. The van der Waals surface area contributed by atoms with E-state index in [0.29, 0.717) is 6.04 Å². The lowest BCUT2D eigenvalue weighted by atomic mass is 9.86. The van der Waals surface area contributed by atoms with Crippen molar-refractivity contribution in [3.8, 4) is 0 Å². The normalized spacial score (nSPS) is 26.2. The second-order valence-electron chi connectivity index (χ2n) is 6.26. The van der Waals surface area contributed by atoms with Crippen LogP contribution in [-0.2, 0) is 0 Å². The van der Waals surface area contributed by atoms with Crippen molar-refractivity contribution in [1.29, 1.82) is 0 Å². The Labute approximate surface area is 114 Å². The summed E-state index contributed by atoms with van der Waals surface area (Å²) in [4.78, 5) is 5.13. The van der Waals surface area contributed by atoms with E-state index in [1.807, 2.05) is 0 Å². The first-order chi connectivity index (χ1) is 8.55. The highest BCUT2D eigenvalue weighted by Gasteiger charge is 2.39. The first-order valence-corrected chi connectivity index (χ1v) is 7.71. The number of hydrogen-bond donors (Lipinski definition) is 1. The monoisotopic (exact) mass is 255 g/mol. The van der Waals surface area contributed by atoms with E-state index in [4.69, 9.17) is 5.73 Å². The summed E-state index contributed by atoms with van der Waals surface area (Å²) in [5.74, 6) is 0. The molecule has 1 atom stereocenters. The zero-order valence-electron chi connectivity index (χ0n) is 12.9. The van der Waals surface area contributed by atoms with Gasteiger partial charge in [0.25, 0.3) is 0 Å². The average Bonchev–Trinajstić information content (AvgIpc) is 2.34. The van der Waals surface area contributed by atoms with Gasteiger partial charge in [0.1, 0.15) is 0 Å². The third-order valence-corrected chi connectivity index (χ3v) is 4.36. The van der Waals surface area contributed by atoms with Crippen molar-refractivity contribution in [2.75, 3.05) is 33.2 Å². The molecule has 1 saturated heterocycles. The third-order valence-electron chi connectivity index (χ3n) is 4.36. The lowest BCUT2D eigenvalue weighted by Gasteiger charge is -2.50. The third kappa shape index (κ3) is 3.94. The highest BCUT2D eigenvalue weighted by Crippen LogP contribution is 2.28. The molecule has 1 aliphatic rings. The Morgan fingerprint density at radius 2 is 2.06 bits per heavy atom. The maximum atomic E-state index is 6.18. The minimum atomic E-state index is 0.217. The lowest BCUT2D eigenvalue weighted by molar-refractivity contribution is 0.00328. The summed E-state index contributed by atoms with van der Waals surface area (Å²) in [6.07, 6.45) is 6.48. The van der Waals surface area contributed by atoms with Crippen molar-refractivity contribution in [3.05, 3.63) is 0 Å². The van der Waals surface area contributed by atoms with E-state index in [-0.39, 0.29) is 5.54 Å². The zero-order chi connectivity index (χ0) is 13.6. The molecule has 0 saturated carbocycles. The Morgan fingerprint density at radius 1 is 1.33 bits per heavy atom. The predicted molar refractivity (Wildman–Crippen MR) is 79.9 cm³/mol. The number of nitrogens with zero attached hydrogens (tertiary/aromatic N) is 2. The van der Waals surface area contributed by atoms with Crippen LogP contribution in [0, 0.1) is 0 Å². The largest absolute Gasteiger partial charge is 0.329 e. The van der Waals surface area contributed by atoms with E-state index < -0.39 is 0 Å². The Balaban J connectivity index is 2.72. The van der Waals surface area contributed by atoms with Crippen LogP contribution in [0.15, 0.2) is 0 Å². The number of likely N-dealkylation sites (tertiary alicyclic amines) is 1. The molecule has 1 rings (SSSR count). The molecule has 3 heteroatoms. The molecule has 1 heterocycles. The van der Waals surface area contributed by atoms with E-state index in [2.05, 4.69) is 37.6 Å². The summed E-state index contributed by atoms with van der Waals surface area (Å²) < 4.78 is 0. The van der Waals surface area contributed by atoms with Gasteiger partial charge in [-0.05, 0) is 53.2 Å². The van der Waals surface area contributed by atoms with Gasteiger partial charge in [0.2, 0.25) is 0 Å². The van der Waals surface area contributed by atoms with Crippen LogP contribution in [-0.4, -0.2) is 54.6 Å². The molecule has 108 valence electrons. The minimum Gasteiger partial charge on any atom is -0.329 e. The predicted octanol–water partition coefficient (Wildman–Crippen LogP) is 2.31. The first-order valence-electron chi connectivity index (χ1n) is 7.71. The molecule has 0 bridgehead atoms. The summed E-state index contributed by atoms with van der Waals surface area (Å²) in [6.45, 7) is 11.3. The van der Waals surface area contributed by atoms with E-state index in [0.717, 1.165) is 13.1 Å². The molecule has 0 aromatic carbocycles. The molecule has 0 amide bonds. The van der Waals surface area contributed by atoms with Gasteiger partial charge >= 0.3 is 0 Å². The van der Waals surface area contributed by atoms with E-state index in [1.165, 1.54) is 45.2 Å². The van der Waals surface area contributed by atoms with Crippen molar-refractivity contribution in [3.63, 3.8) is 0 Å². The van der Waals surface area contributed by atoms with Crippen molar-refractivity contribution in [2.45, 2.75) is 64.5 Å². The molecule has 0 aliphatic carbocycles. The maximum absolute atomic E-state index is 6.18. The summed E-state index contributed by atoms with van der Waals surface area (Å²) >= 11 is 0. The Morgan fingerprint density at radius 3 is 2.56 bits per heavy atom. The molecule has 1 aliphatic heterocycles. The van der Waals surface area contributed by atoms with Crippen molar-refractivity contribution < 1.29 is 0 Å². The fraction of sp³-hybridized carbons (Fsp3) is 1.00. The molecule has 3 nitrogen and oxygen atoms in total. The number of hydrogen-bond acceptors (Lipinski definition) is 3. The highest BCUT2D eigenvalue weighted by molar-refractivity contribution is 4.98. The summed E-state index contributed by atoms with van der Waals surface area (Å²) in [7, 11) is 2.23. The molecule has 0 aromatic heterocycles. The maximum Gasteiger partial charge on any atom is 0.0461 e. The average molecular weight is 255 g/mol. The van der Waals surface area contributed by atoms with Crippen LogP contribution in [0.1, 0.15) is 52.9 Å². The van der Waals surface area contributed by atoms with Crippen LogP contribution in [0.2, 0.25) is 0 Å². The molecule has 0 radical (unpaired) electrons. The standard InChI is InChI=1S/C15H33N3/c1-5-6-7-11-18(14(2)3)15(12-16)9-8-10-17(4)13-15/h14H,5-13,16H2,1-4H3.